The number of benzene rings is 2. The first-order valence-electron chi connectivity index (χ1n) is 7.28. The van der Waals surface area contributed by atoms with Crippen molar-refractivity contribution in [3.05, 3.63) is 94.3 Å². The summed E-state index contributed by atoms with van der Waals surface area (Å²) in [6.45, 7) is 0. The maximum Gasteiger partial charge on any atom is 0.270 e. The highest BCUT2D eigenvalue weighted by molar-refractivity contribution is 5.89. The highest BCUT2D eigenvalue weighted by Crippen LogP contribution is 2.23. The minimum atomic E-state index is -0.467. The SMILES string of the molecule is N#CC(=Cc1cccn1-c1ccccc1)c1cccc([N+](=O)[O-])c1. The zero-order valence-corrected chi connectivity index (χ0v) is 12.7. The van der Waals surface area contributed by atoms with Crippen molar-refractivity contribution in [2.75, 3.05) is 0 Å². The molecule has 5 nitrogen and oxygen atoms in total. The fourth-order valence-corrected chi connectivity index (χ4v) is 2.45. The Morgan fingerprint density at radius 2 is 1.88 bits per heavy atom. The number of hydrogen-bond acceptors (Lipinski definition) is 3. The molecule has 0 radical (unpaired) electrons. The summed E-state index contributed by atoms with van der Waals surface area (Å²) in [5.74, 6) is 0. The summed E-state index contributed by atoms with van der Waals surface area (Å²) in [7, 11) is 0. The van der Waals surface area contributed by atoms with E-state index in [-0.39, 0.29) is 5.69 Å². The van der Waals surface area contributed by atoms with Crippen molar-refractivity contribution in [1.29, 1.82) is 5.26 Å². The van der Waals surface area contributed by atoms with Crippen LogP contribution in [0.3, 0.4) is 0 Å². The first kappa shape index (κ1) is 15.3. The molecule has 0 spiro atoms. The van der Waals surface area contributed by atoms with E-state index in [0.717, 1.165) is 11.4 Å². The molecule has 0 bridgehead atoms. The molecule has 3 aromatic rings. The number of nitriles is 1. The zero-order valence-electron chi connectivity index (χ0n) is 12.7. The van der Waals surface area contributed by atoms with E-state index < -0.39 is 4.92 Å². The number of nitro groups is 1. The molecule has 0 saturated heterocycles. The van der Waals surface area contributed by atoms with Crippen molar-refractivity contribution in [3.63, 3.8) is 0 Å². The van der Waals surface area contributed by atoms with Gasteiger partial charge in [-0.1, -0.05) is 30.3 Å². The molecule has 3 rings (SSSR count). The second kappa shape index (κ2) is 6.63. The van der Waals surface area contributed by atoms with Gasteiger partial charge in [0.15, 0.2) is 0 Å². The van der Waals surface area contributed by atoms with Gasteiger partial charge in [-0.15, -0.1) is 0 Å². The van der Waals surface area contributed by atoms with Gasteiger partial charge in [-0.25, -0.2) is 0 Å². The Kier molecular flexibility index (Phi) is 4.21. The lowest BCUT2D eigenvalue weighted by Gasteiger charge is -2.07. The van der Waals surface area contributed by atoms with Crippen LogP contribution in [0.15, 0.2) is 72.9 Å². The number of nitro benzene ring substituents is 1. The average molecular weight is 315 g/mol. The van der Waals surface area contributed by atoms with Crippen molar-refractivity contribution in [2.45, 2.75) is 0 Å². The van der Waals surface area contributed by atoms with Crippen LogP contribution in [0.5, 0.6) is 0 Å². The second-order valence-electron chi connectivity index (χ2n) is 5.12. The van der Waals surface area contributed by atoms with E-state index in [0.29, 0.717) is 11.1 Å². The lowest BCUT2D eigenvalue weighted by atomic mass is 10.1. The monoisotopic (exact) mass is 315 g/mol. The lowest BCUT2D eigenvalue weighted by Crippen LogP contribution is -1.95. The second-order valence-corrected chi connectivity index (χ2v) is 5.12. The van der Waals surface area contributed by atoms with Crippen molar-refractivity contribution in [2.24, 2.45) is 0 Å². The highest BCUT2D eigenvalue weighted by Gasteiger charge is 2.10. The smallest absolute Gasteiger partial charge is 0.270 e. The van der Waals surface area contributed by atoms with Gasteiger partial charge in [-0.2, -0.15) is 5.26 Å². The molecule has 0 N–H and O–H groups in total. The standard InChI is InChI=1S/C19H13N3O2/c20-14-16(15-6-4-9-19(12-15)22(23)24)13-18-10-5-11-21(18)17-7-2-1-3-8-17/h1-13H. The van der Waals surface area contributed by atoms with Crippen LogP contribution >= 0.6 is 0 Å². The molecule has 1 aromatic heterocycles. The summed E-state index contributed by atoms with van der Waals surface area (Å²) in [6, 6.07) is 21.7. The Bertz CT molecular complexity index is 950. The van der Waals surface area contributed by atoms with Crippen LogP contribution < -0.4 is 0 Å². The summed E-state index contributed by atoms with van der Waals surface area (Å²) < 4.78 is 1.95. The minimum absolute atomic E-state index is 0.0351. The maximum atomic E-state index is 10.9. The molecule has 0 aliphatic carbocycles. The third kappa shape index (κ3) is 3.08. The molecule has 0 amide bonds. The number of rotatable bonds is 4. The molecule has 1 heterocycles. The predicted octanol–water partition coefficient (Wildman–Crippen LogP) is 4.45. The molecule has 116 valence electrons. The zero-order chi connectivity index (χ0) is 16.9. The van der Waals surface area contributed by atoms with Gasteiger partial charge in [0.05, 0.1) is 16.6 Å². The van der Waals surface area contributed by atoms with Crippen molar-refractivity contribution in [1.82, 2.24) is 4.57 Å². The topological polar surface area (TPSA) is 71.9 Å². The molecule has 0 saturated carbocycles. The average Bonchev–Trinajstić information content (AvgIpc) is 3.08. The van der Waals surface area contributed by atoms with Crippen LogP contribution in [0.1, 0.15) is 11.3 Å². The van der Waals surface area contributed by atoms with E-state index >= 15 is 0 Å². The fourth-order valence-electron chi connectivity index (χ4n) is 2.45. The molecule has 0 unspecified atom stereocenters. The van der Waals surface area contributed by atoms with Gasteiger partial charge in [-0.3, -0.25) is 10.1 Å². The largest absolute Gasteiger partial charge is 0.317 e. The van der Waals surface area contributed by atoms with E-state index in [1.165, 1.54) is 12.1 Å². The van der Waals surface area contributed by atoms with Crippen LogP contribution in [0.2, 0.25) is 0 Å². The van der Waals surface area contributed by atoms with Crippen LogP contribution in [-0.2, 0) is 0 Å². The number of para-hydroxylation sites is 1. The minimum Gasteiger partial charge on any atom is -0.317 e. The number of nitrogens with zero attached hydrogens (tertiary/aromatic N) is 3. The van der Waals surface area contributed by atoms with E-state index in [2.05, 4.69) is 6.07 Å². The summed E-state index contributed by atoms with van der Waals surface area (Å²) in [5, 5.41) is 20.4. The van der Waals surface area contributed by atoms with Crippen molar-refractivity contribution < 1.29 is 4.92 Å². The predicted molar refractivity (Wildman–Crippen MR) is 92.3 cm³/mol. The molecular weight excluding hydrogens is 302 g/mol. The van der Waals surface area contributed by atoms with Crippen LogP contribution in [0.4, 0.5) is 5.69 Å². The van der Waals surface area contributed by atoms with Gasteiger partial charge < -0.3 is 4.57 Å². The molecule has 0 atom stereocenters. The normalized spacial score (nSPS) is 11.0. The van der Waals surface area contributed by atoms with Gasteiger partial charge in [0.2, 0.25) is 0 Å². The maximum absolute atomic E-state index is 10.9. The Morgan fingerprint density at radius 1 is 1.08 bits per heavy atom. The van der Waals surface area contributed by atoms with E-state index in [4.69, 9.17) is 0 Å². The lowest BCUT2D eigenvalue weighted by molar-refractivity contribution is -0.384. The molecule has 24 heavy (non-hydrogen) atoms. The molecule has 0 aliphatic heterocycles. The van der Waals surface area contributed by atoms with Crippen molar-refractivity contribution >= 4 is 17.3 Å². The Balaban J connectivity index is 2.05. The van der Waals surface area contributed by atoms with Gasteiger partial charge >= 0.3 is 0 Å². The number of allylic oxidation sites excluding steroid dienone is 1. The molecule has 2 aromatic carbocycles. The first-order chi connectivity index (χ1) is 11.7. The van der Waals surface area contributed by atoms with Crippen LogP contribution in [-0.4, -0.2) is 9.49 Å². The summed E-state index contributed by atoms with van der Waals surface area (Å²) in [5.41, 5.74) is 2.66. The summed E-state index contributed by atoms with van der Waals surface area (Å²) >= 11 is 0. The van der Waals surface area contributed by atoms with E-state index in [1.54, 1.807) is 18.2 Å². The van der Waals surface area contributed by atoms with E-state index in [9.17, 15) is 15.4 Å². The summed E-state index contributed by atoms with van der Waals surface area (Å²) in [6.07, 6.45) is 3.63. The third-order valence-electron chi connectivity index (χ3n) is 3.60. The Hall–Kier alpha value is -3.65. The number of aromatic nitrogens is 1. The van der Waals surface area contributed by atoms with E-state index in [1.807, 2.05) is 53.2 Å². The molecule has 0 fully saturated rings. The number of non-ortho nitro benzene ring substituents is 1. The van der Waals surface area contributed by atoms with Gasteiger partial charge in [0, 0.05) is 29.7 Å². The summed E-state index contributed by atoms with van der Waals surface area (Å²) in [4.78, 5) is 10.5. The third-order valence-corrected chi connectivity index (χ3v) is 3.60. The van der Waals surface area contributed by atoms with Gasteiger partial charge in [-0.05, 0) is 35.9 Å². The van der Waals surface area contributed by atoms with Crippen molar-refractivity contribution in [3.8, 4) is 11.8 Å². The quantitative estimate of drug-likeness (QED) is 0.405. The molecule has 5 heteroatoms. The van der Waals surface area contributed by atoms with Crippen LogP contribution in [0.25, 0.3) is 17.3 Å². The van der Waals surface area contributed by atoms with Gasteiger partial charge in [0.25, 0.3) is 5.69 Å². The number of hydrogen-bond donors (Lipinski definition) is 0. The van der Waals surface area contributed by atoms with Gasteiger partial charge in [0.1, 0.15) is 0 Å². The molecular formula is C19H13N3O2. The first-order valence-corrected chi connectivity index (χ1v) is 7.28. The fraction of sp³-hybridized carbons (Fsp3) is 0. The Morgan fingerprint density at radius 3 is 2.58 bits per heavy atom. The molecule has 0 aliphatic rings. The van der Waals surface area contributed by atoms with Crippen LogP contribution in [0, 0.1) is 21.4 Å². The Labute approximate surface area is 138 Å². The highest BCUT2D eigenvalue weighted by atomic mass is 16.6.